The zero-order chi connectivity index (χ0) is 19.8. The predicted octanol–water partition coefficient (Wildman–Crippen LogP) is 3.54. The molecule has 0 saturated carbocycles. The van der Waals surface area contributed by atoms with E-state index in [0.29, 0.717) is 17.1 Å². The number of thioether (sulfide) groups is 1. The molecular weight excluding hydrogens is 384 g/mol. The van der Waals surface area contributed by atoms with Crippen LogP contribution in [0.15, 0.2) is 64.5 Å². The topological polar surface area (TPSA) is 62.1 Å². The van der Waals surface area contributed by atoms with Crippen molar-refractivity contribution >= 4 is 28.4 Å². The zero-order valence-electron chi connectivity index (χ0n) is 16.0. The first kappa shape index (κ1) is 18.6. The molecule has 6 heteroatoms. The summed E-state index contributed by atoms with van der Waals surface area (Å²) in [6.45, 7) is 2.07. The Morgan fingerprint density at radius 1 is 1.10 bits per heavy atom. The summed E-state index contributed by atoms with van der Waals surface area (Å²) < 4.78 is 6.24. The first-order valence-corrected chi connectivity index (χ1v) is 10.7. The number of likely N-dealkylation sites (tertiary alicyclic amines) is 1. The fourth-order valence-electron chi connectivity index (χ4n) is 4.41. The average Bonchev–Trinajstić information content (AvgIpc) is 3.32. The lowest BCUT2D eigenvalue weighted by Gasteiger charge is -2.39. The Hall–Kier alpha value is -2.41. The number of fused-ring (bicyclic) bond motifs is 2. The van der Waals surface area contributed by atoms with Crippen LogP contribution in [0.1, 0.15) is 29.5 Å². The SMILES string of the molecule is O=C1N=C(N2CCC3(CC2)OCc2ccccc23)S/C1=C(\CO)c1ccccc1. The molecule has 5 nitrogen and oxygen atoms in total. The highest BCUT2D eigenvalue weighted by atomic mass is 32.2. The summed E-state index contributed by atoms with van der Waals surface area (Å²) in [6.07, 6.45) is 1.75. The summed E-state index contributed by atoms with van der Waals surface area (Å²) in [5.41, 5.74) is 3.88. The van der Waals surface area contributed by atoms with Crippen molar-refractivity contribution in [1.29, 1.82) is 0 Å². The lowest BCUT2D eigenvalue weighted by atomic mass is 9.84. The molecule has 3 heterocycles. The van der Waals surface area contributed by atoms with Gasteiger partial charge in [-0.1, -0.05) is 54.6 Å². The molecule has 5 rings (SSSR count). The highest BCUT2D eigenvalue weighted by Gasteiger charge is 2.43. The maximum atomic E-state index is 12.6. The summed E-state index contributed by atoms with van der Waals surface area (Å²) in [7, 11) is 0. The number of rotatable bonds is 2. The highest BCUT2D eigenvalue weighted by Crippen LogP contribution is 2.45. The van der Waals surface area contributed by atoms with Gasteiger partial charge in [0, 0.05) is 18.7 Å². The molecular formula is C23H22N2O3S. The molecule has 1 N–H and O–H groups in total. The van der Waals surface area contributed by atoms with Crippen LogP contribution < -0.4 is 0 Å². The number of hydrogen-bond donors (Lipinski definition) is 1. The number of carbonyl (C=O) groups is 1. The standard InChI is InChI=1S/C23H22N2O3S/c26-14-18(16-6-2-1-3-7-16)20-21(27)24-22(29-20)25-12-10-23(11-13-25)19-9-5-4-8-17(19)15-28-23/h1-9,26H,10-15H2/b20-18+. The van der Waals surface area contributed by atoms with Crippen molar-refractivity contribution in [3.8, 4) is 0 Å². The fourth-order valence-corrected chi connectivity index (χ4v) is 5.47. The van der Waals surface area contributed by atoms with Gasteiger partial charge in [-0.2, -0.15) is 4.99 Å². The lowest BCUT2D eigenvalue weighted by Crippen LogP contribution is -2.44. The minimum Gasteiger partial charge on any atom is -0.392 e. The molecule has 3 aliphatic heterocycles. The molecule has 0 atom stereocenters. The van der Waals surface area contributed by atoms with E-state index in [-0.39, 0.29) is 18.1 Å². The number of carbonyl (C=O) groups excluding carboxylic acids is 1. The summed E-state index contributed by atoms with van der Waals surface area (Å²) in [6, 6.07) is 18.0. The van der Waals surface area contributed by atoms with Gasteiger partial charge in [0.05, 0.1) is 23.7 Å². The minimum absolute atomic E-state index is 0.186. The van der Waals surface area contributed by atoms with Gasteiger partial charge in [-0.25, -0.2) is 0 Å². The van der Waals surface area contributed by atoms with Crippen LogP contribution in [-0.2, 0) is 21.7 Å². The molecule has 0 aliphatic carbocycles. The average molecular weight is 407 g/mol. The van der Waals surface area contributed by atoms with Crippen molar-refractivity contribution < 1.29 is 14.6 Å². The Kier molecular flexibility index (Phi) is 4.78. The predicted molar refractivity (Wildman–Crippen MR) is 114 cm³/mol. The molecule has 1 spiro atoms. The van der Waals surface area contributed by atoms with Crippen molar-refractivity contribution in [2.45, 2.75) is 25.0 Å². The van der Waals surface area contributed by atoms with E-state index in [9.17, 15) is 9.90 Å². The van der Waals surface area contributed by atoms with E-state index in [2.05, 4.69) is 34.2 Å². The van der Waals surface area contributed by atoms with Gasteiger partial charge in [-0.15, -0.1) is 0 Å². The largest absolute Gasteiger partial charge is 0.392 e. The van der Waals surface area contributed by atoms with Gasteiger partial charge in [0.1, 0.15) is 0 Å². The Balaban J connectivity index is 1.33. The van der Waals surface area contributed by atoms with Crippen molar-refractivity contribution in [3.05, 3.63) is 76.2 Å². The minimum atomic E-state index is -0.263. The number of piperidine rings is 1. The second kappa shape index (κ2) is 7.44. The monoisotopic (exact) mass is 406 g/mol. The smallest absolute Gasteiger partial charge is 0.286 e. The van der Waals surface area contributed by atoms with Crippen molar-refractivity contribution in [2.75, 3.05) is 19.7 Å². The molecule has 3 aliphatic rings. The van der Waals surface area contributed by atoms with Crippen LogP contribution in [0.3, 0.4) is 0 Å². The molecule has 1 fully saturated rings. The molecule has 0 unspecified atom stereocenters. The van der Waals surface area contributed by atoms with Crippen LogP contribution in [0, 0.1) is 0 Å². The van der Waals surface area contributed by atoms with Crippen molar-refractivity contribution in [3.63, 3.8) is 0 Å². The number of aliphatic hydroxyl groups excluding tert-OH is 1. The second-order valence-electron chi connectivity index (χ2n) is 7.56. The number of aliphatic hydroxyl groups is 1. The van der Waals surface area contributed by atoms with Gasteiger partial charge in [-0.3, -0.25) is 4.79 Å². The molecule has 2 aromatic carbocycles. The first-order valence-electron chi connectivity index (χ1n) is 9.88. The van der Waals surface area contributed by atoms with E-state index in [1.165, 1.54) is 22.9 Å². The van der Waals surface area contributed by atoms with Crippen LogP contribution in [0.2, 0.25) is 0 Å². The number of amides is 1. The summed E-state index contributed by atoms with van der Waals surface area (Å²) in [5, 5.41) is 10.6. The number of ether oxygens (including phenoxy) is 1. The quantitative estimate of drug-likeness (QED) is 0.773. The molecule has 1 saturated heterocycles. The van der Waals surface area contributed by atoms with E-state index in [1.807, 2.05) is 30.3 Å². The van der Waals surface area contributed by atoms with Crippen LogP contribution in [-0.4, -0.2) is 40.8 Å². The van der Waals surface area contributed by atoms with Crippen LogP contribution >= 0.6 is 11.8 Å². The zero-order valence-corrected chi connectivity index (χ0v) is 16.8. The molecule has 148 valence electrons. The molecule has 0 aromatic heterocycles. The van der Waals surface area contributed by atoms with Crippen LogP contribution in [0.5, 0.6) is 0 Å². The number of aliphatic imine (C=N–C) groups is 1. The molecule has 0 bridgehead atoms. The normalized spacial score (nSPS) is 22.0. The second-order valence-corrected chi connectivity index (χ2v) is 8.54. The van der Waals surface area contributed by atoms with E-state index in [4.69, 9.17) is 4.74 Å². The summed E-state index contributed by atoms with van der Waals surface area (Å²) in [4.78, 5) is 19.6. The van der Waals surface area contributed by atoms with Gasteiger partial charge in [0.15, 0.2) is 5.17 Å². The van der Waals surface area contributed by atoms with Gasteiger partial charge < -0.3 is 14.7 Å². The Morgan fingerprint density at radius 3 is 2.59 bits per heavy atom. The van der Waals surface area contributed by atoms with Gasteiger partial charge in [-0.05, 0) is 41.3 Å². The third-order valence-corrected chi connectivity index (χ3v) is 7.15. The van der Waals surface area contributed by atoms with Gasteiger partial charge >= 0.3 is 0 Å². The Morgan fingerprint density at radius 2 is 1.83 bits per heavy atom. The van der Waals surface area contributed by atoms with E-state index in [0.717, 1.165) is 36.7 Å². The third-order valence-electron chi connectivity index (χ3n) is 5.99. The first-order chi connectivity index (χ1) is 14.2. The van der Waals surface area contributed by atoms with Gasteiger partial charge in [0.2, 0.25) is 0 Å². The third kappa shape index (κ3) is 3.21. The molecule has 2 aromatic rings. The van der Waals surface area contributed by atoms with E-state index >= 15 is 0 Å². The maximum absolute atomic E-state index is 12.6. The van der Waals surface area contributed by atoms with Crippen LogP contribution in [0.4, 0.5) is 0 Å². The number of hydrogen-bond acceptors (Lipinski definition) is 5. The van der Waals surface area contributed by atoms with E-state index < -0.39 is 0 Å². The Bertz CT molecular complexity index is 1010. The summed E-state index contributed by atoms with van der Waals surface area (Å²) >= 11 is 1.37. The van der Waals surface area contributed by atoms with Crippen molar-refractivity contribution in [2.24, 2.45) is 4.99 Å². The highest BCUT2D eigenvalue weighted by molar-refractivity contribution is 8.18. The van der Waals surface area contributed by atoms with Gasteiger partial charge in [0.25, 0.3) is 5.91 Å². The number of nitrogens with zero attached hydrogens (tertiary/aromatic N) is 2. The van der Waals surface area contributed by atoms with Crippen molar-refractivity contribution in [1.82, 2.24) is 4.90 Å². The van der Waals surface area contributed by atoms with Crippen LogP contribution in [0.25, 0.3) is 5.57 Å². The number of benzene rings is 2. The summed E-state index contributed by atoms with van der Waals surface area (Å²) in [5.74, 6) is -0.263. The maximum Gasteiger partial charge on any atom is 0.286 e. The lowest BCUT2D eigenvalue weighted by molar-refractivity contribution is -0.113. The Labute approximate surface area is 174 Å². The van der Waals surface area contributed by atoms with E-state index in [1.54, 1.807) is 0 Å². The molecule has 1 amide bonds. The molecule has 29 heavy (non-hydrogen) atoms. The number of amidine groups is 1. The molecule has 0 radical (unpaired) electrons. The fraction of sp³-hybridized carbons (Fsp3) is 0.304.